The molecule has 2 saturated carbocycles. The summed E-state index contributed by atoms with van der Waals surface area (Å²) in [5.41, 5.74) is -1.43. The van der Waals surface area contributed by atoms with Gasteiger partial charge in [0, 0.05) is 17.6 Å². The summed E-state index contributed by atoms with van der Waals surface area (Å²) >= 11 is 6.30. The van der Waals surface area contributed by atoms with E-state index in [2.05, 4.69) is 0 Å². The SMILES string of the molecule is CCOC(=S)S[C@H]1[C@H](CC(=O)C2CC2)CC1(C(=O)OC)C(=O)OC. The van der Waals surface area contributed by atoms with Gasteiger partial charge in [-0.2, -0.15) is 0 Å². The predicted molar refractivity (Wildman–Crippen MR) is 92.5 cm³/mol. The van der Waals surface area contributed by atoms with Crippen LogP contribution in [0, 0.1) is 17.3 Å². The molecule has 0 radical (unpaired) electrons. The Hall–Kier alpha value is -1.15. The number of carbonyl (C=O) groups excluding carboxylic acids is 3. The van der Waals surface area contributed by atoms with E-state index in [1.807, 2.05) is 0 Å². The molecule has 0 amide bonds. The lowest BCUT2D eigenvalue weighted by Crippen LogP contribution is -2.61. The minimum absolute atomic E-state index is 0.125. The number of ketones is 1. The number of Topliss-reactive ketones (excluding diaryl/α,β-unsaturated/α-hetero) is 1. The molecule has 2 atom stereocenters. The fraction of sp³-hybridized carbons (Fsp3) is 0.750. The third-order valence-corrected chi connectivity index (χ3v) is 6.34. The molecular weight excluding hydrogens is 352 g/mol. The highest BCUT2D eigenvalue weighted by atomic mass is 32.2. The molecule has 0 bridgehead atoms. The Morgan fingerprint density at radius 2 is 1.75 bits per heavy atom. The van der Waals surface area contributed by atoms with Crippen molar-refractivity contribution in [2.24, 2.45) is 17.3 Å². The minimum atomic E-state index is -1.43. The largest absolute Gasteiger partial charge is 0.479 e. The van der Waals surface area contributed by atoms with Gasteiger partial charge in [-0.3, -0.25) is 14.4 Å². The van der Waals surface area contributed by atoms with Crippen LogP contribution in [0.15, 0.2) is 0 Å². The van der Waals surface area contributed by atoms with E-state index in [1.165, 1.54) is 14.2 Å². The quantitative estimate of drug-likeness (QED) is 0.381. The maximum absolute atomic E-state index is 12.3. The van der Waals surface area contributed by atoms with Gasteiger partial charge >= 0.3 is 11.9 Å². The van der Waals surface area contributed by atoms with Crippen LogP contribution in [0.25, 0.3) is 0 Å². The van der Waals surface area contributed by atoms with Gasteiger partial charge in [0.15, 0.2) is 5.41 Å². The number of hydrogen-bond acceptors (Lipinski definition) is 8. The fourth-order valence-electron chi connectivity index (χ4n) is 3.19. The van der Waals surface area contributed by atoms with Gasteiger partial charge in [-0.1, -0.05) is 11.8 Å². The van der Waals surface area contributed by atoms with Crippen LogP contribution < -0.4 is 0 Å². The Bertz CT molecular complexity index is 527. The molecule has 0 aromatic carbocycles. The minimum Gasteiger partial charge on any atom is -0.479 e. The highest BCUT2D eigenvalue weighted by Crippen LogP contribution is 2.56. The second kappa shape index (κ2) is 7.82. The predicted octanol–water partition coefficient (Wildman–Crippen LogP) is 2.13. The molecule has 0 unspecified atom stereocenters. The third kappa shape index (κ3) is 3.59. The van der Waals surface area contributed by atoms with Gasteiger partial charge in [0.1, 0.15) is 5.78 Å². The zero-order valence-corrected chi connectivity index (χ0v) is 15.7. The van der Waals surface area contributed by atoms with Crippen LogP contribution in [0.1, 0.15) is 32.6 Å². The highest BCUT2D eigenvalue weighted by Gasteiger charge is 2.66. The van der Waals surface area contributed by atoms with Crippen molar-refractivity contribution >= 4 is 46.1 Å². The Kier molecular flexibility index (Phi) is 6.25. The summed E-state index contributed by atoms with van der Waals surface area (Å²) in [6, 6.07) is 0. The first-order chi connectivity index (χ1) is 11.4. The molecule has 2 aliphatic rings. The average Bonchev–Trinajstić information content (AvgIpc) is 3.40. The molecule has 0 heterocycles. The number of ether oxygens (including phenoxy) is 3. The lowest BCUT2D eigenvalue weighted by Gasteiger charge is -2.49. The van der Waals surface area contributed by atoms with Crippen LogP contribution in [0.5, 0.6) is 0 Å². The first kappa shape index (κ1) is 19.2. The van der Waals surface area contributed by atoms with Gasteiger partial charge in [0.2, 0.25) is 4.38 Å². The molecule has 2 rings (SSSR count). The van der Waals surface area contributed by atoms with Crippen molar-refractivity contribution in [1.29, 1.82) is 0 Å². The van der Waals surface area contributed by atoms with Crippen molar-refractivity contribution in [3.8, 4) is 0 Å². The van der Waals surface area contributed by atoms with Crippen molar-refractivity contribution in [2.45, 2.75) is 37.9 Å². The molecule has 0 aromatic heterocycles. The maximum atomic E-state index is 12.3. The van der Waals surface area contributed by atoms with E-state index in [0.29, 0.717) is 13.0 Å². The molecule has 24 heavy (non-hydrogen) atoms. The number of thiocarbonyl (C=S) groups is 1. The number of methoxy groups -OCH3 is 2. The summed E-state index contributed by atoms with van der Waals surface area (Å²) in [5, 5.41) is -0.515. The Morgan fingerprint density at radius 1 is 1.17 bits per heavy atom. The Morgan fingerprint density at radius 3 is 2.21 bits per heavy atom. The average molecular weight is 374 g/mol. The van der Waals surface area contributed by atoms with E-state index >= 15 is 0 Å². The molecule has 2 fully saturated rings. The second-order valence-corrected chi connectivity index (χ2v) is 7.83. The van der Waals surface area contributed by atoms with Gasteiger partial charge in [-0.15, -0.1) is 0 Å². The monoisotopic (exact) mass is 374 g/mol. The van der Waals surface area contributed by atoms with E-state index < -0.39 is 22.6 Å². The zero-order valence-electron chi connectivity index (χ0n) is 14.0. The van der Waals surface area contributed by atoms with Gasteiger partial charge in [0.25, 0.3) is 0 Å². The van der Waals surface area contributed by atoms with E-state index in [4.69, 9.17) is 26.4 Å². The van der Waals surface area contributed by atoms with Crippen molar-refractivity contribution in [3.63, 3.8) is 0 Å². The first-order valence-electron chi connectivity index (χ1n) is 7.93. The van der Waals surface area contributed by atoms with Crippen molar-refractivity contribution in [3.05, 3.63) is 0 Å². The molecule has 8 heteroatoms. The molecule has 0 saturated heterocycles. The summed E-state index contributed by atoms with van der Waals surface area (Å²) in [7, 11) is 2.47. The van der Waals surface area contributed by atoms with Crippen LogP contribution in [0.3, 0.4) is 0 Å². The van der Waals surface area contributed by atoms with Crippen LogP contribution in [0.4, 0.5) is 0 Å². The summed E-state index contributed by atoms with van der Waals surface area (Å²) in [6.07, 6.45) is 2.43. The van der Waals surface area contributed by atoms with E-state index in [9.17, 15) is 14.4 Å². The number of carbonyl (C=O) groups is 3. The van der Waals surface area contributed by atoms with Gasteiger partial charge in [0.05, 0.1) is 20.8 Å². The van der Waals surface area contributed by atoms with Gasteiger partial charge < -0.3 is 14.2 Å². The third-order valence-electron chi connectivity index (χ3n) is 4.58. The van der Waals surface area contributed by atoms with Gasteiger partial charge in [-0.05, 0) is 44.3 Å². The van der Waals surface area contributed by atoms with Crippen molar-refractivity contribution < 1.29 is 28.6 Å². The second-order valence-electron chi connectivity index (χ2n) is 6.08. The lowest BCUT2D eigenvalue weighted by atomic mass is 9.59. The Labute approximate surface area is 151 Å². The number of rotatable bonds is 7. The van der Waals surface area contributed by atoms with Gasteiger partial charge in [-0.25, -0.2) is 0 Å². The van der Waals surface area contributed by atoms with E-state index in [-0.39, 0.29) is 28.4 Å². The molecule has 0 spiro atoms. The smallest absolute Gasteiger partial charge is 0.324 e. The lowest BCUT2D eigenvalue weighted by molar-refractivity contribution is -0.179. The zero-order chi connectivity index (χ0) is 17.9. The van der Waals surface area contributed by atoms with E-state index in [0.717, 1.165) is 24.6 Å². The summed E-state index contributed by atoms with van der Waals surface area (Å²) in [6.45, 7) is 2.20. The molecular formula is C16H22O6S2. The maximum Gasteiger partial charge on any atom is 0.324 e. The van der Waals surface area contributed by atoms with Crippen molar-refractivity contribution in [2.75, 3.05) is 20.8 Å². The van der Waals surface area contributed by atoms with Crippen LogP contribution >= 0.6 is 24.0 Å². The molecule has 6 nitrogen and oxygen atoms in total. The highest BCUT2D eigenvalue weighted by molar-refractivity contribution is 8.23. The summed E-state index contributed by atoms with van der Waals surface area (Å²) in [5.74, 6) is -1.10. The number of thioether (sulfide) groups is 1. The molecule has 0 aromatic rings. The fourth-order valence-corrected chi connectivity index (χ4v) is 4.88. The molecule has 0 aliphatic heterocycles. The molecule has 134 valence electrons. The van der Waals surface area contributed by atoms with Crippen LogP contribution in [-0.2, 0) is 28.6 Å². The summed E-state index contributed by atoms with van der Waals surface area (Å²) < 4.78 is 15.2. The standard InChI is InChI=1S/C16H22O6S2/c1-4-22-15(23)24-12-10(7-11(17)9-5-6-9)8-16(12,13(18)20-2)14(19)21-3/h9-10,12H,4-8H2,1-3H3/t10-,12+/m1/s1. The summed E-state index contributed by atoms with van der Waals surface area (Å²) in [4.78, 5) is 36.8. The van der Waals surface area contributed by atoms with Crippen molar-refractivity contribution in [1.82, 2.24) is 0 Å². The number of hydrogen-bond donors (Lipinski definition) is 0. The number of esters is 2. The van der Waals surface area contributed by atoms with Crippen LogP contribution in [-0.4, -0.2) is 48.2 Å². The van der Waals surface area contributed by atoms with E-state index in [1.54, 1.807) is 6.92 Å². The Balaban J connectivity index is 2.21. The molecule has 0 N–H and O–H groups in total. The topological polar surface area (TPSA) is 78.9 Å². The van der Waals surface area contributed by atoms with Crippen LogP contribution in [0.2, 0.25) is 0 Å². The normalized spacial score (nSPS) is 24.5. The molecule has 2 aliphatic carbocycles. The first-order valence-corrected chi connectivity index (χ1v) is 9.22.